The normalized spacial score (nSPS) is 10.4. The van der Waals surface area contributed by atoms with Gasteiger partial charge in [-0.05, 0) is 30.3 Å². The minimum atomic E-state index is -1.42. The van der Waals surface area contributed by atoms with Crippen molar-refractivity contribution < 1.29 is 19.0 Å². The van der Waals surface area contributed by atoms with Gasteiger partial charge in [0.1, 0.15) is 23.2 Å². The molecule has 0 unspecified atom stereocenters. The van der Waals surface area contributed by atoms with Crippen LogP contribution in [0.3, 0.4) is 0 Å². The molecule has 6 nitrogen and oxygen atoms in total. The van der Waals surface area contributed by atoms with Crippen LogP contribution in [0.2, 0.25) is 10.0 Å². The van der Waals surface area contributed by atoms with Gasteiger partial charge in [-0.15, -0.1) is 0 Å². The minimum Gasteiger partial charge on any atom is -0.476 e. The molecule has 1 N–H and O–H groups in total. The second kappa shape index (κ2) is 7.04. The Morgan fingerprint density at radius 3 is 2.65 bits per heavy atom. The van der Waals surface area contributed by atoms with E-state index in [4.69, 9.17) is 27.9 Å². The Kier molecular flexibility index (Phi) is 4.80. The molecule has 0 aliphatic rings. The number of hydrogen-bond acceptors (Lipinski definition) is 4. The zero-order chi connectivity index (χ0) is 18.8. The van der Waals surface area contributed by atoms with Crippen LogP contribution in [0.5, 0.6) is 11.6 Å². The number of nitrogens with zero attached hydrogens (tertiary/aromatic N) is 3. The van der Waals surface area contributed by atoms with Crippen LogP contribution in [0, 0.1) is 17.1 Å². The Morgan fingerprint density at radius 1 is 1.27 bits per heavy atom. The quantitative estimate of drug-likeness (QED) is 0.697. The Bertz CT molecular complexity index is 1060. The number of ether oxygens (including phenoxy) is 1. The standard InChI is InChI=1S/C17H8Cl2FN3O3/c18-9-4-5-14(13(19)6-9)23-16(12(8-21)15(22-23)17(24)25)26-11-3-1-2-10(20)7-11/h1-7H,(H,24,25). The van der Waals surface area contributed by atoms with E-state index in [0.29, 0.717) is 5.02 Å². The number of aromatic carboxylic acids is 1. The van der Waals surface area contributed by atoms with E-state index in [9.17, 15) is 19.6 Å². The highest BCUT2D eigenvalue weighted by Crippen LogP contribution is 2.33. The van der Waals surface area contributed by atoms with Gasteiger partial charge in [0.25, 0.3) is 0 Å². The van der Waals surface area contributed by atoms with Gasteiger partial charge in [-0.3, -0.25) is 0 Å². The molecule has 0 aliphatic carbocycles. The van der Waals surface area contributed by atoms with Gasteiger partial charge in [0, 0.05) is 11.1 Å². The Hall–Kier alpha value is -3.08. The smallest absolute Gasteiger partial charge is 0.357 e. The fourth-order valence-corrected chi connectivity index (χ4v) is 2.69. The second-order valence-corrected chi connectivity index (χ2v) is 5.86. The van der Waals surface area contributed by atoms with Crippen molar-refractivity contribution in [3.05, 3.63) is 69.6 Å². The number of aromatic nitrogens is 2. The molecule has 0 fully saturated rings. The molecular weight excluding hydrogens is 384 g/mol. The summed E-state index contributed by atoms with van der Waals surface area (Å²) in [7, 11) is 0. The van der Waals surface area contributed by atoms with Crippen molar-refractivity contribution in [2.45, 2.75) is 0 Å². The van der Waals surface area contributed by atoms with Gasteiger partial charge >= 0.3 is 5.97 Å². The molecule has 130 valence electrons. The molecule has 9 heteroatoms. The lowest BCUT2D eigenvalue weighted by Crippen LogP contribution is -2.03. The highest BCUT2D eigenvalue weighted by Gasteiger charge is 2.26. The number of halogens is 3. The molecule has 0 saturated heterocycles. The average molecular weight is 392 g/mol. The van der Waals surface area contributed by atoms with Crippen LogP contribution in [-0.4, -0.2) is 20.9 Å². The van der Waals surface area contributed by atoms with Gasteiger partial charge in [0.15, 0.2) is 5.69 Å². The summed E-state index contributed by atoms with van der Waals surface area (Å²) in [4.78, 5) is 11.4. The van der Waals surface area contributed by atoms with Crippen molar-refractivity contribution in [1.29, 1.82) is 5.26 Å². The number of benzene rings is 2. The number of carbonyl (C=O) groups is 1. The van der Waals surface area contributed by atoms with Gasteiger partial charge in [-0.25, -0.2) is 9.18 Å². The molecule has 3 rings (SSSR count). The largest absolute Gasteiger partial charge is 0.476 e. The van der Waals surface area contributed by atoms with Crippen molar-refractivity contribution in [1.82, 2.24) is 9.78 Å². The molecule has 3 aromatic rings. The molecule has 0 spiro atoms. The molecule has 1 aromatic heterocycles. The Balaban J connectivity index is 2.23. The van der Waals surface area contributed by atoms with Crippen molar-refractivity contribution in [3.8, 4) is 23.4 Å². The summed E-state index contributed by atoms with van der Waals surface area (Å²) in [5.74, 6) is -2.13. The monoisotopic (exact) mass is 391 g/mol. The molecule has 0 bridgehead atoms. The van der Waals surface area contributed by atoms with E-state index in [2.05, 4.69) is 5.10 Å². The van der Waals surface area contributed by atoms with E-state index in [1.165, 1.54) is 36.4 Å². The van der Waals surface area contributed by atoms with E-state index in [1.807, 2.05) is 0 Å². The zero-order valence-corrected chi connectivity index (χ0v) is 14.3. The molecule has 2 aromatic carbocycles. The number of rotatable bonds is 4. The third kappa shape index (κ3) is 3.33. The summed E-state index contributed by atoms with van der Waals surface area (Å²) >= 11 is 12.0. The summed E-state index contributed by atoms with van der Waals surface area (Å²) in [6, 6.07) is 11.3. The first-order valence-corrected chi connectivity index (χ1v) is 7.81. The predicted octanol–water partition coefficient (Wildman–Crippen LogP) is 4.68. The number of nitriles is 1. The third-order valence-electron chi connectivity index (χ3n) is 3.31. The summed E-state index contributed by atoms with van der Waals surface area (Å²) in [6.07, 6.45) is 0. The topological polar surface area (TPSA) is 88.1 Å². The molecule has 1 heterocycles. The lowest BCUT2D eigenvalue weighted by molar-refractivity contribution is 0.0689. The highest BCUT2D eigenvalue weighted by atomic mass is 35.5. The average Bonchev–Trinajstić information content (AvgIpc) is 2.93. The third-order valence-corrected chi connectivity index (χ3v) is 3.84. The Morgan fingerprint density at radius 2 is 2.04 bits per heavy atom. The van der Waals surface area contributed by atoms with Gasteiger partial charge in [-0.2, -0.15) is 15.0 Å². The molecule has 0 atom stereocenters. The van der Waals surface area contributed by atoms with Crippen molar-refractivity contribution in [2.24, 2.45) is 0 Å². The van der Waals surface area contributed by atoms with E-state index in [1.54, 1.807) is 6.07 Å². The van der Waals surface area contributed by atoms with E-state index >= 15 is 0 Å². The van der Waals surface area contributed by atoms with Gasteiger partial charge in [0.2, 0.25) is 5.88 Å². The van der Waals surface area contributed by atoms with Crippen molar-refractivity contribution in [2.75, 3.05) is 0 Å². The molecule has 0 aliphatic heterocycles. The summed E-state index contributed by atoms with van der Waals surface area (Å²) in [5, 5.41) is 23.1. The van der Waals surface area contributed by atoms with Crippen LogP contribution in [-0.2, 0) is 0 Å². The second-order valence-electron chi connectivity index (χ2n) is 5.01. The van der Waals surface area contributed by atoms with Gasteiger partial charge < -0.3 is 9.84 Å². The molecular formula is C17H8Cl2FN3O3. The van der Waals surface area contributed by atoms with Crippen LogP contribution < -0.4 is 4.74 Å². The summed E-state index contributed by atoms with van der Waals surface area (Å²) in [5.41, 5.74) is -0.607. The number of carboxylic acid groups (broad SMARTS) is 1. The van der Waals surface area contributed by atoms with E-state index < -0.39 is 17.5 Å². The lowest BCUT2D eigenvalue weighted by Gasteiger charge is -2.11. The molecule has 0 saturated carbocycles. The maximum atomic E-state index is 13.4. The van der Waals surface area contributed by atoms with Crippen molar-refractivity contribution >= 4 is 29.2 Å². The lowest BCUT2D eigenvalue weighted by atomic mass is 10.2. The first kappa shape index (κ1) is 17.7. The Labute approximate surface area is 156 Å². The minimum absolute atomic E-state index is 0.0599. The summed E-state index contributed by atoms with van der Waals surface area (Å²) < 4.78 is 20.0. The number of hydrogen-bond donors (Lipinski definition) is 1. The fourth-order valence-electron chi connectivity index (χ4n) is 2.21. The maximum absolute atomic E-state index is 13.4. The van der Waals surface area contributed by atoms with E-state index in [0.717, 1.165) is 10.7 Å². The summed E-state index contributed by atoms with van der Waals surface area (Å²) in [6.45, 7) is 0. The maximum Gasteiger partial charge on any atom is 0.357 e. The number of carboxylic acids is 1. The SMILES string of the molecule is N#Cc1c(C(=O)O)nn(-c2ccc(Cl)cc2Cl)c1Oc1cccc(F)c1. The molecule has 26 heavy (non-hydrogen) atoms. The van der Waals surface area contributed by atoms with Gasteiger partial charge in [0.05, 0.1) is 10.7 Å². The van der Waals surface area contributed by atoms with Crippen LogP contribution in [0.1, 0.15) is 16.1 Å². The molecule has 0 radical (unpaired) electrons. The predicted molar refractivity (Wildman–Crippen MR) is 91.7 cm³/mol. The highest BCUT2D eigenvalue weighted by molar-refractivity contribution is 6.35. The van der Waals surface area contributed by atoms with Crippen LogP contribution >= 0.6 is 23.2 Å². The zero-order valence-electron chi connectivity index (χ0n) is 12.8. The van der Waals surface area contributed by atoms with Crippen molar-refractivity contribution in [3.63, 3.8) is 0 Å². The van der Waals surface area contributed by atoms with Crippen LogP contribution in [0.15, 0.2) is 42.5 Å². The first-order valence-electron chi connectivity index (χ1n) is 7.06. The van der Waals surface area contributed by atoms with Crippen LogP contribution in [0.4, 0.5) is 4.39 Å². The first-order chi connectivity index (χ1) is 12.4. The van der Waals surface area contributed by atoms with Crippen LogP contribution in [0.25, 0.3) is 5.69 Å². The van der Waals surface area contributed by atoms with Gasteiger partial charge in [-0.1, -0.05) is 29.3 Å². The molecule has 0 amide bonds. The fraction of sp³-hybridized carbons (Fsp3) is 0. The van der Waals surface area contributed by atoms with E-state index in [-0.39, 0.29) is 27.9 Å².